The summed E-state index contributed by atoms with van der Waals surface area (Å²) in [5.74, 6) is 5.41. The molecular formula is C17H23NO3. The van der Waals surface area contributed by atoms with Crippen LogP contribution in [0.15, 0.2) is 18.2 Å². The van der Waals surface area contributed by atoms with Crippen LogP contribution in [0, 0.1) is 18.8 Å². The van der Waals surface area contributed by atoms with E-state index in [0.29, 0.717) is 18.7 Å². The van der Waals surface area contributed by atoms with E-state index in [1.807, 2.05) is 32.9 Å². The summed E-state index contributed by atoms with van der Waals surface area (Å²) in [5, 5.41) is 8.76. The first-order valence-electron chi connectivity index (χ1n) is 7.05. The van der Waals surface area contributed by atoms with Crippen molar-refractivity contribution in [2.24, 2.45) is 0 Å². The lowest BCUT2D eigenvalue weighted by atomic mass is 10.0. The summed E-state index contributed by atoms with van der Waals surface area (Å²) in [6.45, 7) is 6.76. The van der Waals surface area contributed by atoms with Crippen LogP contribution in [0.1, 0.15) is 35.3 Å². The molecule has 1 unspecified atom stereocenters. The number of amides is 1. The number of carbonyl (C=O) groups is 1. The molecule has 1 aromatic carbocycles. The van der Waals surface area contributed by atoms with Gasteiger partial charge in [0.25, 0.3) is 5.91 Å². The molecule has 0 radical (unpaired) electrons. The molecule has 0 heterocycles. The van der Waals surface area contributed by atoms with E-state index in [4.69, 9.17) is 9.84 Å². The molecule has 1 amide bonds. The quantitative estimate of drug-likeness (QED) is 0.841. The predicted octanol–water partition coefficient (Wildman–Crippen LogP) is 1.84. The molecule has 0 aromatic heterocycles. The number of aliphatic hydroxyl groups is 1. The van der Waals surface area contributed by atoms with Crippen molar-refractivity contribution in [3.8, 4) is 11.8 Å². The summed E-state index contributed by atoms with van der Waals surface area (Å²) < 4.78 is 5.14. The number of aliphatic hydroxyl groups excluding tert-OH is 1. The molecule has 0 bridgehead atoms. The normalized spacial score (nSPS) is 11.5. The number of hydrogen-bond acceptors (Lipinski definition) is 3. The highest BCUT2D eigenvalue weighted by Crippen LogP contribution is 2.15. The van der Waals surface area contributed by atoms with Gasteiger partial charge in [-0.25, -0.2) is 0 Å². The second-order valence-corrected chi connectivity index (χ2v) is 4.89. The number of likely N-dealkylation sites (N-methyl/N-ethyl adjacent to an activating group) is 1. The van der Waals surface area contributed by atoms with Crippen LogP contribution in [0.25, 0.3) is 0 Å². The molecule has 0 fully saturated rings. The Bertz CT molecular complexity index is 543. The lowest BCUT2D eigenvalue weighted by Gasteiger charge is -2.28. The van der Waals surface area contributed by atoms with E-state index >= 15 is 0 Å². The second-order valence-electron chi connectivity index (χ2n) is 4.89. The van der Waals surface area contributed by atoms with Gasteiger partial charge < -0.3 is 14.7 Å². The third-order valence-electron chi connectivity index (χ3n) is 3.32. The van der Waals surface area contributed by atoms with Gasteiger partial charge in [-0.2, -0.15) is 0 Å². The fraction of sp³-hybridized carbons (Fsp3) is 0.471. The standard InChI is InChI=1S/C17H23NO3/c1-5-18(14(3)12-21-4)17(20)16-11-15(7-6-10-19)9-8-13(16)2/h8-9,11,14,19H,5,10,12H2,1-4H3. The summed E-state index contributed by atoms with van der Waals surface area (Å²) in [6.07, 6.45) is 0. The largest absolute Gasteiger partial charge is 0.384 e. The van der Waals surface area contributed by atoms with Crippen LogP contribution in [0.3, 0.4) is 0 Å². The molecule has 114 valence electrons. The maximum Gasteiger partial charge on any atom is 0.254 e. The minimum Gasteiger partial charge on any atom is -0.384 e. The SMILES string of the molecule is CCN(C(=O)c1cc(C#CCO)ccc1C)C(C)COC. The van der Waals surface area contributed by atoms with Gasteiger partial charge in [0.05, 0.1) is 12.6 Å². The Morgan fingerprint density at radius 2 is 2.19 bits per heavy atom. The molecule has 0 aliphatic carbocycles. The average Bonchev–Trinajstić information content (AvgIpc) is 2.47. The van der Waals surface area contributed by atoms with Crippen molar-refractivity contribution in [2.45, 2.75) is 26.8 Å². The Balaban J connectivity index is 3.09. The van der Waals surface area contributed by atoms with Crippen molar-refractivity contribution >= 4 is 5.91 Å². The van der Waals surface area contributed by atoms with Gasteiger partial charge in [-0.1, -0.05) is 17.9 Å². The first-order valence-corrected chi connectivity index (χ1v) is 7.05. The van der Waals surface area contributed by atoms with E-state index < -0.39 is 0 Å². The maximum atomic E-state index is 12.7. The average molecular weight is 289 g/mol. The van der Waals surface area contributed by atoms with Crippen LogP contribution in [0.2, 0.25) is 0 Å². The zero-order valence-corrected chi connectivity index (χ0v) is 13.1. The lowest BCUT2D eigenvalue weighted by Crippen LogP contribution is -2.41. The topological polar surface area (TPSA) is 49.8 Å². The summed E-state index contributed by atoms with van der Waals surface area (Å²) in [6, 6.07) is 5.52. The maximum absolute atomic E-state index is 12.7. The molecule has 4 nitrogen and oxygen atoms in total. The van der Waals surface area contributed by atoms with Crippen molar-refractivity contribution in [3.05, 3.63) is 34.9 Å². The highest BCUT2D eigenvalue weighted by atomic mass is 16.5. The van der Waals surface area contributed by atoms with Gasteiger partial charge in [0, 0.05) is 24.8 Å². The van der Waals surface area contributed by atoms with E-state index in [2.05, 4.69) is 11.8 Å². The third-order valence-corrected chi connectivity index (χ3v) is 3.32. The summed E-state index contributed by atoms with van der Waals surface area (Å²) in [7, 11) is 1.63. The van der Waals surface area contributed by atoms with Gasteiger partial charge in [-0.15, -0.1) is 0 Å². The zero-order valence-electron chi connectivity index (χ0n) is 13.1. The number of carbonyl (C=O) groups excluding carboxylic acids is 1. The van der Waals surface area contributed by atoms with Crippen LogP contribution >= 0.6 is 0 Å². The molecular weight excluding hydrogens is 266 g/mol. The highest BCUT2D eigenvalue weighted by Gasteiger charge is 2.21. The van der Waals surface area contributed by atoms with Crippen LogP contribution in [-0.2, 0) is 4.74 Å². The summed E-state index contributed by atoms with van der Waals surface area (Å²) in [4.78, 5) is 14.5. The summed E-state index contributed by atoms with van der Waals surface area (Å²) >= 11 is 0. The molecule has 21 heavy (non-hydrogen) atoms. The van der Waals surface area contributed by atoms with E-state index in [1.165, 1.54) is 0 Å². The minimum absolute atomic E-state index is 0.0130. The summed E-state index contributed by atoms with van der Waals surface area (Å²) in [5.41, 5.74) is 2.29. The van der Waals surface area contributed by atoms with Crippen LogP contribution in [0.5, 0.6) is 0 Å². The molecule has 0 spiro atoms. The van der Waals surface area contributed by atoms with Crippen LogP contribution in [0.4, 0.5) is 0 Å². The van der Waals surface area contributed by atoms with Crippen LogP contribution in [-0.4, -0.2) is 48.8 Å². The molecule has 0 aliphatic rings. The Kier molecular flexibility index (Phi) is 6.93. The van der Waals surface area contributed by atoms with E-state index in [-0.39, 0.29) is 18.6 Å². The van der Waals surface area contributed by atoms with E-state index in [0.717, 1.165) is 11.1 Å². The lowest BCUT2D eigenvalue weighted by molar-refractivity contribution is 0.0578. The first kappa shape index (κ1) is 17.2. The second kappa shape index (κ2) is 8.46. The van der Waals surface area contributed by atoms with E-state index in [9.17, 15) is 4.79 Å². The monoisotopic (exact) mass is 289 g/mol. The minimum atomic E-state index is -0.191. The number of nitrogens with zero attached hydrogens (tertiary/aromatic N) is 1. The molecule has 1 atom stereocenters. The van der Waals surface area contributed by atoms with Crippen molar-refractivity contribution in [1.29, 1.82) is 0 Å². The van der Waals surface area contributed by atoms with Crippen LogP contribution < -0.4 is 0 Å². The molecule has 0 saturated heterocycles. The Hall–Kier alpha value is -1.83. The Labute approximate surface area is 126 Å². The number of benzene rings is 1. The van der Waals surface area contributed by atoms with Gasteiger partial charge in [0.15, 0.2) is 0 Å². The first-order chi connectivity index (χ1) is 10.0. The number of hydrogen-bond donors (Lipinski definition) is 1. The fourth-order valence-corrected chi connectivity index (χ4v) is 2.21. The van der Waals surface area contributed by atoms with Crippen molar-refractivity contribution in [2.75, 3.05) is 26.9 Å². The molecule has 1 N–H and O–H groups in total. The van der Waals surface area contributed by atoms with Gasteiger partial charge in [0.2, 0.25) is 0 Å². The fourth-order valence-electron chi connectivity index (χ4n) is 2.21. The number of rotatable bonds is 5. The van der Waals surface area contributed by atoms with Crippen molar-refractivity contribution < 1.29 is 14.6 Å². The molecule has 4 heteroatoms. The highest BCUT2D eigenvalue weighted by molar-refractivity contribution is 5.96. The van der Waals surface area contributed by atoms with Crippen molar-refractivity contribution in [3.63, 3.8) is 0 Å². The Morgan fingerprint density at radius 3 is 2.76 bits per heavy atom. The molecule has 1 rings (SSSR count). The smallest absolute Gasteiger partial charge is 0.254 e. The Morgan fingerprint density at radius 1 is 1.48 bits per heavy atom. The molecule has 0 aliphatic heterocycles. The number of aryl methyl sites for hydroxylation is 1. The van der Waals surface area contributed by atoms with Gasteiger partial charge in [-0.3, -0.25) is 4.79 Å². The van der Waals surface area contributed by atoms with Gasteiger partial charge >= 0.3 is 0 Å². The number of methoxy groups -OCH3 is 1. The number of ether oxygens (including phenoxy) is 1. The van der Waals surface area contributed by atoms with Gasteiger partial charge in [-0.05, 0) is 38.5 Å². The molecule has 1 aromatic rings. The van der Waals surface area contributed by atoms with E-state index in [1.54, 1.807) is 18.1 Å². The van der Waals surface area contributed by atoms with Gasteiger partial charge in [0.1, 0.15) is 6.61 Å². The zero-order chi connectivity index (χ0) is 15.8. The predicted molar refractivity (Wildman–Crippen MR) is 83.2 cm³/mol. The van der Waals surface area contributed by atoms with Crippen molar-refractivity contribution in [1.82, 2.24) is 4.90 Å². The third kappa shape index (κ3) is 4.59. The molecule has 0 saturated carbocycles.